The first kappa shape index (κ1) is 11.8. The van der Waals surface area contributed by atoms with Crippen LogP contribution in [0.25, 0.3) is 10.9 Å². The molecule has 1 aromatic heterocycles. The summed E-state index contributed by atoms with van der Waals surface area (Å²) in [6.07, 6.45) is 6.49. The molecule has 1 aliphatic rings. The number of nitrogens with zero attached hydrogens (tertiary/aromatic N) is 1. The fourth-order valence-corrected chi connectivity index (χ4v) is 2.90. The number of para-hydroxylation sites is 1. The van der Waals surface area contributed by atoms with E-state index in [9.17, 15) is 0 Å². The quantitative estimate of drug-likeness (QED) is 0.864. The van der Waals surface area contributed by atoms with Crippen LogP contribution in [0, 0.1) is 5.92 Å². The van der Waals surface area contributed by atoms with Gasteiger partial charge in [-0.25, -0.2) is 0 Å². The molecule has 1 unspecified atom stereocenters. The Bertz CT molecular complexity index is 537. The lowest BCUT2D eigenvalue weighted by atomic mass is 9.85. The third-order valence-electron chi connectivity index (χ3n) is 4.40. The van der Waals surface area contributed by atoms with Gasteiger partial charge >= 0.3 is 0 Å². The molecule has 1 aliphatic carbocycles. The molecule has 0 aliphatic heterocycles. The van der Waals surface area contributed by atoms with Gasteiger partial charge < -0.3 is 9.88 Å². The summed E-state index contributed by atoms with van der Waals surface area (Å²) in [7, 11) is 2.03. The molecule has 0 radical (unpaired) electrons. The van der Waals surface area contributed by atoms with Crippen LogP contribution in [-0.2, 0) is 6.54 Å². The van der Waals surface area contributed by atoms with E-state index in [0.717, 1.165) is 5.92 Å². The zero-order valence-corrected chi connectivity index (χ0v) is 11.3. The van der Waals surface area contributed by atoms with Crippen molar-refractivity contribution < 1.29 is 0 Å². The first-order valence-corrected chi connectivity index (χ1v) is 7.04. The normalized spacial score (nSPS) is 17.9. The second-order valence-electron chi connectivity index (χ2n) is 5.56. The Kier molecular flexibility index (Phi) is 3.13. The monoisotopic (exact) mass is 242 g/mol. The lowest BCUT2D eigenvalue weighted by molar-refractivity contribution is 0.279. The van der Waals surface area contributed by atoms with Crippen molar-refractivity contribution in [2.45, 2.75) is 38.8 Å². The van der Waals surface area contributed by atoms with Gasteiger partial charge in [0.1, 0.15) is 0 Å². The number of rotatable bonds is 4. The fourth-order valence-electron chi connectivity index (χ4n) is 2.90. The summed E-state index contributed by atoms with van der Waals surface area (Å²) in [5.41, 5.74) is 2.84. The minimum atomic E-state index is 0.406. The van der Waals surface area contributed by atoms with Gasteiger partial charge in [-0.15, -0.1) is 0 Å². The minimum Gasteiger partial charge on any atom is -0.347 e. The molecular formula is C16H22N2. The third-order valence-corrected chi connectivity index (χ3v) is 4.40. The molecule has 2 aromatic rings. The molecule has 18 heavy (non-hydrogen) atoms. The van der Waals surface area contributed by atoms with Crippen LogP contribution in [-0.4, -0.2) is 11.6 Å². The molecule has 3 rings (SSSR count). The van der Waals surface area contributed by atoms with Gasteiger partial charge in [0.25, 0.3) is 0 Å². The summed E-state index contributed by atoms with van der Waals surface area (Å²) in [5, 5.41) is 4.73. The van der Waals surface area contributed by atoms with Crippen LogP contribution >= 0.6 is 0 Å². The van der Waals surface area contributed by atoms with Crippen LogP contribution in [0.15, 0.2) is 30.5 Å². The molecule has 1 fully saturated rings. The standard InChI is InChI=1S/C16H22N2/c1-12(17-2)15-8-4-7-14-9-10-18(16(14)15)11-13-5-3-6-13/h4,7-10,12-13,17H,3,5-6,11H2,1-2H3. The van der Waals surface area contributed by atoms with E-state index < -0.39 is 0 Å². The Labute approximate surface area is 109 Å². The first-order valence-electron chi connectivity index (χ1n) is 7.04. The van der Waals surface area contributed by atoms with Gasteiger partial charge in [0.2, 0.25) is 0 Å². The van der Waals surface area contributed by atoms with Crippen LogP contribution in [0.4, 0.5) is 0 Å². The van der Waals surface area contributed by atoms with Gasteiger partial charge in [0.15, 0.2) is 0 Å². The molecular weight excluding hydrogens is 220 g/mol. The van der Waals surface area contributed by atoms with Crippen molar-refractivity contribution >= 4 is 10.9 Å². The highest BCUT2D eigenvalue weighted by atomic mass is 15.0. The van der Waals surface area contributed by atoms with Crippen molar-refractivity contribution in [2.24, 2.45) is 5.92 Å². The molecule has 0 bridgehead atoms. The Morgan fingerprint density at radius 1 is 1.33 bits per heavy atom. The number of hydrogen-bond acceptors (Lipinski definition) is 1. The molecule has 1 saturated carbocycles. The molecule has 1 atom stereocenters. The van der Waals surface area contributed by atoms with E-state index in [4.69, 9.17) is 0 Å². The second-order valence-corrected chi connectivity index (χ2v) is 5.56. The summed E-state index contributed by atoms with van der Waals surface area (Å²) >= 11 is 0. The second kappa shape index (κ2) is 4.77. The van der Waals surface area contributed by atoms with Gasteiger partial charge in [-0.1, -0.05) is 24.6 Å². The smallest absolute Gasteiger partial charge is 0.0528 e. The van der Waals surface area contributed by atoms with Gasteiger partial charge in [-0.3, -0.25) is 0 Å². The first-order chi connectivity index (χ1) is 8.79. The molecule has 0 saturated heterocycles. The molecule has 1 aromatic carbocycles. The average molecular weight is 242 g/mol. The summed E-state index contributed by atoms with van der Waals surface area (Å²) in [4.78, 5) is 0. The van der Waals surface area contributed by atoms with Crippen molar-refractivity contribution in [3.8, 4) is 0 Å². The highest BCUT2D eigenvalue weighted by Crippen LogP contribution is 2.31. The number of nitrogens with one attached hydrogen (secondary N) is 1. The molecule has 2 heteroatoms. The largest absolute Gasteiger partial charge is 0.347 e. The summed E-state index contributed by atoms with van der Waals surface area (Å²) < 4.78 is 2.46. The maximum Gasteiger partial charge on any atom is 0.0528 e. The van der Waals surface area contributed by atoms with E-state index in [2.05, 4.69) is 47.3 Å². The fraction of sp³-hybridized carbons (Fsp3) is 0.500. The van der Waals surface area contributed by atoms with Crippen LogP contribution in [0.1, 0.15) is 37.8 Å². The summed E-state index contributed by atoms with van der Waals surface area (Å²) in [6, 6.07) is 9.29. The van der Waals surface area contributed by atoms with Crippen LogP contribution in [0.3, 0.4) is 0 Å². The van der Waals surface area contributed by atoms with E-state index in [1.165, 1.54) is 42.3 Å². The van der Waals surface area contributed by atoms with E-state index >= 15 is 0 Å². The third kappa shape index (κ3) is 1.95. The average Bonchev–Trinajstić information content (AvgIpc) is 2.76. The Morgan fingerprint density at radius 2 is 2.17 bits per heavy atom. The van der Waals surface area contributed by atoms with Crippen molar-refractivity contribution in [3.63, 3.8) is 0 Å². The van der Waals surface area contributed by atoms with E-state index in [1.54, 1.807) is 0 Å². The number of benzene rings is 1. The van der Waals surface area contributed by atoms with Crippen LogP contribution in [0.2, 0.25) is 0 Å². The maximum absolute atomic E-state index is 3.36. The Morgan fingerprint density at radius 3 is 2.83 bits per heavy atom. The SMILES string of the molecule is CNC(C)c1cccc2ccn(CC3CCC3)c12. The van der Waals surface area contributed by atoms with Crippen molar-refractivity contribution in [2.75, 3.05) is 7.05 Å². The van der Waals surface area contributed by atoms with Gasteiger partial charge in [0.05, 0.1) is 5.52 Å². The lowest BCUT2D eigenvalue weighted by Gasteiger charge is -2.26. The van der Waals surface area contributed by atoms with Crippen molar-refractivity contribution in [3.05, 3.63) is 36.0 Å². The summed E-state index contributed by atoms with van der Waals surface area (Å²) in [5.74, 6) is 0.901. The molecule has 0 amide bonds. The van der Waals surface area contributed by atoms with Gasteiger partial charge in [-0.05, 0) is 49.7 Å². The predicted octanol–water partition coefficient (Wildman–Crippen LogP) is 3.72. The number of aromatic nitrogens is 1. The molecule has 1 heterocycles. The lowest BCUT2D eigenvalue weighted by Crippen LogP contribution is -2.19. The summed E-state index contributed by atoms with van der Waals surface area (Å²) in [6.45, 7) is 3.42. The van der Waals surface area contributed by atoms with Gasteiger partial charge in [0, 0.05) is 18.8 Å². The molecule has 96 valence electrons. The van der Waals surface area contributed by atoms with E-state index in [1.807, 2.05) is 7.05 Å². The number of hydrogen-bond donors (Lipinski definition) is 1. The Hall–Kier alpha value is -1.28. The zero-order chi connectivity index (χ0) is 12.5. The number of fused-ring (bicyclic) bond motifs is 1. The van der Waals surface area contributed by atoms with Gasteiger partial charge in [-0.2, -0.15) is 0 Å². The van der Waals surface area contributed by atoms with E-state index in [-0.39, 0.29) is 0 Å². The Balaban J connectivity index is 2.02. The van der Waals surface area contributed by atoms with E-state index in [0.29, 0.717) is 6.04 Å². The van der Waals surface area contributed by atoms with Crippen molar-refractivity contribution in [1.82, 2.24) is 9.88 Å². The highest BCUT2D eigenvalue weighted by molar-refractivity contribution is 5.83. The van der Waals surface area contributed by atoms with Crippen LogP contribution in [0.5, 0.6) is 0 Å². The van der Waals surface area contributed by atoms with Crippen LogP contribution < -0.4 is 5.32 Å². The topological polar surface area (TPSA) is 17.0 Å². The molecule has 0 spiro atoms. The zero-order valence-electron chi connectivity index (χ0n) is 11.3. The maximum atomic E-state index is 3.36. The highest BCUT2D eigenvalue weighted by Gasteiger charge is 2.19. The predicted molar refractivity (Wildman–Crippen MR) is 76.8 cm³/mol. The van der Waals surface area contributed by atoms with Crippen molar-refractivity contribution in [1.29, 1.82) is 0 Å². The molecule has 2 nitrogen and oxygen atoms in total. The minimum absolute atomic E-state index is 0.406. The molecule has 1 N–H and O–H groups in total.